The van der Waals surface area contributed by atoms with Gasteiger partial charge in [-0.2, -0.15) is 0 Å². The molecule has 1 amide bonds. The molecule has 3 N–H and O–H groups in total. The monoisotopic (exact) mass is 246 g/mol. The molecule has 0 aromatic rings. The largest absolute Gasteiger partial charge is 0.465 e. The first-order chi connectivity index (χ1) is 7.12. The van der Waals surface area contributed by atoms with Gasteiger partial charge in [-0.1, -0.05) is 32.5 Å². The highest BCUT2D eigenvalue weighted by atomic mass is 32.1. The third kappa shape index (κ3) is 3.63. The minimum Gasteiger partial charge on any atom is -0.465 e. The van der Waals surface area contributed by atoms with Gasteiger partial charge in [-0.3, -0.25) is 4.90 Å². The van der Waals surface area contributed by atoms with E-state index in [2.05, 4.69) is 0 Å². The van der Waals surface area contributed by atoms with E-state index >= 15 is 0 Å². The molecule has 0 aromatic carbocycles. The number of carbonyl (C=O) groups is 1. The van der Waals surface area contributed by atoms with Crippen LogP contribution in [-0.2, 0) is 0 Å². The maximum Gasteiger partial charge on any atom is 0.408 e. The first-order valence-corrected chi connectivity index (χ1v) is 5.85. The van der Waals surface area contributed by atoms with Gasteiger partial charge in [-0.25, -0.2) is 4.79 Å². The Morgan fingerprint density at radius 1 is 1.50 bits per heavy atom. The molecule has 0 heterocycles. The van der Waals surface area contributed by atoms with Crippen LogP contribution in [0.2, 0.25) is 0 Å². The van der Waals surface area contributed by atoms with E-state index < -0.39 is 17.7 Å². The van der Waals surface area contributed by atoms with E-state index in [1.165, 1.54) is 4.90 Å². The van der Waals surface area contributed by atoms with Crippen LogP contribution < -0.4 is 5.73 Å². The smallest absolute Gasteiger partial charge is 0.408 e. The highest BCUT2D eigenvalue weighted by Gasteiger charge is 2.37. The summed E-state index contributed by atoms with van der Waals surface area (Å²) in [6.07, 6.45) is -0.146. The summed E-state index contributed by atoms with van der Waals surface area (Å²) in [4.78, 5) is 12.9. The maximum atomic E-state index is 11.3. The topological polar surface area (TPSA) is 66.6 Å². The summed E-state index contributed by atoms with van der Waals surface area (Å²) < 4.78 is 0. The Hall–Kier alpha value is -0.840. The lowest BCUT2D eigenvalue weighted by molar-refractivity contribution is 0.0735. The Morgan fingerprint density at radius 2 is 1.94 bits per heavy atom. The molecule has 2 atom stereocenters. The lowest BCUT2D eigenvalue weighted by atomic mass is 9.93. The van der Waals surface area contributed by atoms with Crippen molar-refractivity contribution >= 4 is 23.3 Å². The van der Waals surface area contributed by atoms with Crippen LogP contribution in [0.3, 0.4) is 0 Å². The fraction of sp³-hybridized carbons (Fsp3) is 0.818. The van der Waals surface area contributed by atoms with Gasteiger partial charge in [0.15, 0.2) is 0 Å². The van der Waals surface area contributed by atoms with Gasteiger partial charge in [-0.15, -0.1) is 0 Å². The van der Waals surface area contributed by atoms with Gasteiger partial charge in [0.2, 0.25) is 0 Å². The average molecular weight is 246 g/mol. The summed E-state index contributed by atoms with van der Waals surface area (Å²) in [6.45, 7) is 9.49. The molecule has 0 radical (unpaired) electrons. The van der Waals surface area contributed by atoms with Crippen molar-refractivity contribution in [3.05, 3.63) is 0 Å². The van der Waals surface area contributed by atoms with Gasteiger partial charge in [0.25, 0.3) is 0 Å². The zero-order chi connectivity index (χ0) is 13.1. The third-order valence-corrected chi connectivity index (χ3v) is 2.92. The molecule has 0 aliphatic rings. The van der Waals surface area contributed by atoms with E-state index in [-0.39, 0.29) is 10.9 Å². The molecule has 0 aromatic heterocycles. The summed E-state index contributed by atoms with van der Waals surface area (Å²) in [5.74, 6) is 0.118. The molecular formula is C11H22N2O2S. The van der Waals surface area contributed by atoms with Gasteiger partial charge < -0.3 is 10.8 Å². The van der Waals surface area contributed by atoms with Crippen LogP contribution in [0.15, 0.2) is 0 Å². The minimum atomic E-state index is -0.981. The van der Waals surface area contributed by atoms with Crippen molar-refractivity contribution in [2.75, 3.05) is 0 Å². The second kappa shape index (κ2) is 5.48. The first-order valence-electron chi connectivity index (χ1n) is 5.44. The normalized spacial score (nSPS) is 15.3. The molecule has 0 aliphatic heterocycles. The molecular weight excluding hydrogens is 224 g/mol. The Balaban J connectivity index is 5.28. The Kier molecular flexibility index (Phi) is 5.19. The van der Waals surface area contributed by atoms with Crippen LogP contribution in [-0.4, -0.2) is 32.7 Å². The molecule has 16 heavy (non-hydrogen) atoms. The summed E-state index contributed by atoms with van der Waals surface area (Å²) in [5, 5.41) is 9.28. The molecule has 1 unspecified atom stereocenters. The predicted molar refractivity (Wildman–Crippen MR) is 69.6 cm³/mol. The fourth-order valence-corrected chi connectivity index (χ4v) is 2.05. The van der Waals surface area contributed by atoms with Gasteiger partial charge in [0, 0.05) is 5.54 Å². The van der Waals surface area contributed by atoms with Crippen LogP contribution in [0.4, 0.5) is 4.79 Å². The summed E-state index contributed by atoms with van der Waals surface area (Å²) >= 11 is 5.00. The van der Waals surface area contributed by atoms with E-state index in [0.717, 1.165) is 6.42 Å². The van der Waals surface area contributed by atoms with Crippen molar-refractivity contribution in [3.8, 4) is 0 Å². The van der Waals surface area contributed by atoms with Crippen molar-refractivity contribution < 1.29 is 9.90 Å². The quantitative estimate of drug-likeness (QED) is 0.748. The fourth-order valence-electron chi connectivity index (χ4n) is 1.71. The Labute approximate surface area is 103 Å². The first kappa shape index (κ1) is 15.2. The molecule has 0 rings (SSSR count). The van der Waals surface area contributed by atoms with Crippen molar-refractivity contribution in [1.29, 1.82) is 0 Å². The second-order valence-electron chi connectivity index (χ2n) is 5.06. The standard InChI is InChI=1S/C11H22N2O2S/c1-6-7(2)8(9(12)16)13(10(14)15)11(3,4)5/h7-8H,6H2,1-5H3,(H2,12,16)(H,14,15)/t7?,8-/m0/s1. The van der Waals surface area contributed by atoms with Crippen LogP contribution in [0.25, 0.3) is 0 Å². The van der Waals surface area contributed by atoms with Crippen molar-refractivity contribution in [2.45, 2.75) is 52.6 Å². The molecule has 0 saturated carbocycles. The molecule has 94 valence electrons. The molecule has 0 aliphatic carbocycles. The lowest BCUT2D eigenvalue weighted by Crippen LogP contribution is -2.57. The van der Waals surface area contributed by atoms with Crippen molar-refractivity contribution in [2.24, 2.45) is 11.7 Å². The zero-order valence-corrected chi connectivity index (χ0v) is 11.5. The van der Waals surface area contributed by atoms with E-state index in [1.807, 2.05) is 34.6 Å². The van der Waals surface area contributed by atoms with Gasteiger partial charge in [0.05, 0.1) is 11.0 Å². The van der Waals surface area contributed by atoms with Crippen LogP contribution in [0.1, 0.15) is 41.0 Å². The van der Waals surface area contributed by atoms with E-state index in [9.17, 15) is 9.90 Å². The number of nitrogens with zero attached hydrogens (tertiary/aromatic N) is 1. The summed E-state index contributed by atoms with van der Waals surface area (Å²) in [6, 6.07) is -0.405. The Bertz CT molecular complexity index is 274. The molecule has 5 heteroatoms. The molecule has 0 spiro atoms. The number of amides is 1. The van der Waals surface area contributed by atoms with Crippen LogP contribution >= 0.6 is 12.2 Å². The minimum absolute atomic E-state index is 0.118. The van der Waals surface area contributed by atoms with Gasteiger partial charge >= 0.3 is 6.09 Å². The van der Waals surface area contributed by atoms with Gasteiger partial charge in [-0.05, 0) is 26.7 Å². The number of hydrogen-bond donors (Lipinski definition) is 2. The van der Waals surface area contributed by atoms with Gasteiger partial charge in [0.1, 0.15) is 0 Å². The summed E-state index contributed by atoms with van der Waals surface area (Å²) in [5.41, 5.74) is 5.16. The lowest BCUT2D eigenvalue weighted by Gasteiger charge is -2.41. The van der Waals surface area contributed by atoms with E-state index in [0.29, 0.717) is 0 Å². The second-order valence-corrected chi connectivity index (χ2v) is 5.53. The number of carboxylic acid groups (broad SMARTS) is 1. The predicted octanol–water partition coefficient (Wildman–Crippen LogP) is 2.47. The number of thiocarbonyl (C=S) groups is 1. The maximum absolute atomic E-state index is 11.3. The highest BCUT2D eigenvalue weighted by molar-refractivity contribution is 7.80. The molecule has 0 saturated heterocycles. The van der Waals surface area contributed by atoms with E-state index in [4.69, 9.17) is 18.0 Å². The van der Waals surface area contributed by atoms with Crippen molar-refractivity contribution in [3.63, 3.8) is 0 Å². The molecule has 0 fully saturated rings. The SMILES string of the molecule is CCC(C)[C@@H](C(N)=S)N(C(=O)O)C(C)(C)C. The molecule has 4 nitrogen and oxygen atoms in total. The summed E-state index contributed by atoms with van der Waals surface area (Å²) in [7, 11) is 0. The van der Waals surface area contributed by atoms with Crippen LogP contribution in [0.5, 0.6) is 0 Å². The highest BCUT2D eigenvalue weighted by Crippen LogP contribution is 2.24. The van der Waals surface area contributed by atoms with Crippen LogP contribution in [0, 0.1) is 5.92 Å². The number of nitrogens with two attached hydrogens (primary N) is 1. The number of hydrogen-bond acceptors (Lipinski definition) is 2. The average Bonchev–Trinajstić information content (AvgIpc) is 2.09. The van der Waals surface area contributed by atoms with Crippen molar-refractivity contribution in [1.82, 2.24) is 4.90 Å². The Morgan fingerprint density at radius 3 is 2.12 bits per heavy atom. The zero-order valence-electron chi connectivity index (χ0n) is 10.7. The third-order valence-electron chi connectivity index (χ3n) is 2.68. The molecule has 0 bridgehead atoms. The van der Waals surface area contributed by atoms with E-state index in [1.54, 1.807) is 0 Å². The number of rotatable bonds is 4.